The maximum Gasteiger partial charge on any atom is 0.141 e. The minimum atomic E-state index is 0.849. The van der Waals surface area contributed by atoms with Crippen molar-refractivity contribution in [2.24, 2.45) is 0 Å². The molecule has 0 atom stereocenters. The number of hydrogen-bond donors (Lipinski definition) is 1. The number of fused-ring (bicyclic) bond motifs is 1. The van der Waals surface area contributed by atoms with Crippen molar-refractivity contribution in [1.82, 2.24) is 14.9 Å². The molecule has 0 unspecified atom stereocenters. The lowest BCUT2D eigenvalue weighted by Gasteiger charge is -2.34. The van der Waals surface area contributed by atoms with E-state index in [1.807, 2.05) is 30.3 Å². The molecule has 1 saturated heterocycles. The molecule has 1 aromatic heterocycles. The third-order valence-electron chi connectivity index (χ3n) is 4.52. The highest BCUT2D eigenvalue weighted by molar-refractivity contribution is 5.93. The second-order valence-electron chi connectivity index (χ2n) is 6.21. The minimum Gasteiger partial charge on any atom is -0.369 e. The van der Waals surface area contributed by atoms with Crippen molar-refractivity contribution in [3.8, 4) is 0 Å². The summed E-state index contributed by atoms with van der Waals surface area (Å²) in [6.45, 7) is 4.30. The third-order valence-corrected chi connectivity index (χ3v) is 4.52. The fourth-order valence-corrected chi connectivity index (χ4v) is 3.06. The SMILES string of the molecule is CN1CCN(c2ccc3ncnc(Nc4ccccc4)c3c2)CC1. The van der Waals surface area contributed by atoms with E-state index in [-0.39, 0.29) is 0 Å². The molecule has 1 N–H and O–H groups in total. The maximum absolute atomic E-state index is 4.45. The monoisotopic (exact) mass is 319 g/mol. The Kier molecular flexibility index (Phi) is 4.01. The zero-order valence-corrected chi connectivity index (χ0v) is 13.8. The maximum atomic E-state index is 4.45. The number of aromatic nitrogens is 2. The van der Waals surface area contributed by atoms with Gasteiger partial charge in [0, 0.05) is 42.9 Å². The highest BCUT2D eigenvalue weighted by Crippen LogP contribution is 2.27. The van der Waals surface area contributed by atoms with Crippen LogP contribution < -0.4 is 10.2 Å². The van der Waals surface area contributed by atoms with Gasteiger partial charge in [0.15, 0.2) is 0 Å². The number of nitrogens with one attached hydrogen (secondary N) is 1. The van der Waals surface area contributed by atoms with Gasteiger partial charge in [0.1, 0.15) is 12.1 Å². The van der Waals surface area contributed by atoms with E-state index in [2.05, 4.69) is 50.3 Å². The van der Waals surface area contributed by atoms with Gasteiger partial charge in [0.25, 0.3) is 0 Å². The van der Waals surface area contributed by atoms with Crippen molar-refractivity contribution in [3.63, 3.8) is 0 Å². The van der Waals surface area contributed by atoms with Crippen LogP contribution in [0, 0.1) is 0 Å². The zero-order valence-electron chi connectivity index (χ0n) is 13.8. The molecule has 0 amide bonds. The van der Waals surface area contributed by atoms with Crippen LogP contribution in [-0.4, -0.2) is 48.1 Å². The van der Waals surface area contributed by atoms with E-state index in [4.69, 9.17) is 0 Å². The van der Waals surface area contributed by atoms with Crippen LogP contribution in [0.25, 0.3) is 10.9 Å². The molecule has 0 saturated carbocycles. The molecule has 122 valence electrons. The fourth-order valence-electron chi connectivity index (χ4n) is 3.06. The molecule has 1 fully saturated rings. The highest BCUT2D eigenvalue weighted by atomic mass is 15.2. The Morgan fingerprint density at radius 3 is 2.50 bits per heavy atom. The van der Waals surface area contributed by atoms with Gasteiger partial charge < -0.3 is 15.1 Å². The predicted molar refractivity (Wildman–Crippen MR) is 99.0 cm³/mol. The molecule has 0 bridgehead atoms. The van der Waals surface area contributed by atoms with Gasteiger partial charge in [-0.05, 0) is 37.4 Å². The molecule has 2 aromatic carbocycles. The van der Waals surface area contributed by atoms with Gasteiger partial charge >= 0.3 is 0 Å². The molecule has 2 heterocycles. The second kappa shape index (κ2) is 6.45. The molecule has 4 rings (SSSR count). The van der Waals surface area contributed by atoms with Crippen molar-refractivity contribution in [2.45, 2.75) is 0 Å². The van der Waals surface area contributed by atoms with Crippen molar-refractivity contribution >= 4 is 28.1 Å². The van der Waals surface area contributed by atoms with E-state index in [1.165, 1.54) is 5.69 Å². The first-order valence-electron chi connectivity index (χ1n) is 8.30. The van der Waals surface area contributed by atoms with E-state index in [0.29, 0.717) is 0 Å². The van der Waals surface area contributed by atoms with E-state index in [1.54, 1.807) is 6.33 Å². The lowest BCUT2D eigenvalue weighted by molar-refractivity contribution is 0.313. The van der Waals surface area contributed by atoms with Gasteiger partial charge in [-0.3, -0.25) is 0 Å². The molecule has 3 aromatic rings. The largest absolute Gasteiger partial charge is 0.369 e. The average Bonchev–Trinajstić information content (AvgIpc) is 2.63. The van der Waals surface area contributed by atoms with E-state index >= 15 is 0 Å². The van der Waals surface area contributed by atoms with Crippen LogP contribution in [0.3, 0.4) is 0 Å². The summed E-state index contributed by atoms with van der Waals surface area (Å²) in [7, 11) is 2.17. The molecule has 0 aliphatic carbocycles. The summed E-state index contributed by atoms with van der Waals surface area (Å²) in [5.41, 5.74) is 3.23. The number of hydrogen-bond acceptors (Lipinski definition) is 5. The van der Waals surface area contributed by atoms with Gasteiger partial charge in [-0.25, -0.2) is 9.97 Å². The Balaban J connectivity index is 1.68. The van der Waals surface area contributed by atoms with Crippen molar-refractivity contribution < 1.29 is 0 Å². The number of anilines is 3. The Morgan fingerprint density at radius 1 is 0.917 bits per heavy atom. The van der Waals surface area contributed by atoms with Gasteiger partial charge in [-0.2, -0.15) is 0 Å². The van der Waals surface area contributed by atoms with Gasteiger partial charge in [0.05, 0.1) is 5.52 Å². The minimum absolute atomic E-state index is 0.849. The zero-order chi connectivity index (χ0) is 16.4. The summed E-state index contributed by atoms with van der Waals surface area (Å²) in [5, 5.41) is 4.46. The number of rotatable bonds is 3. The molecule has 5 heteroatoms. The molecule has 24 heavy (non-hydrogen) atoms. The quantitative estimate of drug-likeness (QED) is 0.803. The normalized spacial score (nSPS) is 15.6. The third kappa shape index (κ3) is 3.03. The lowest BCUT2D eigenvalue weighted by atomic mass is 10.1. The Bertz CT molecular complexity index is 826. The molecule has 1 aliphatic rings. The fraction of sp³-hybridized carbons (Fsp3) is 0.263. The smallest absolute Gasteiger partial charge is 0.141 e. The number of piperazine rings is 1. The Labute approximate surface area is 141 Å². The standard InChI is InChI=1S/C19H21N5/c1-23-9-11-24(12-10-23)16-7-8-18-17(13-16)19(21-14-20-18)22-15-5-3-2-4-6-15/h2-8,13-14H,9-12H2,1H3,(H,20,21,22). The van der Waals surface area contributed by atoms with Crippen molar-refractivity contribution in [3.05, 3.63) is 54.9 Å². The first-order chi connectivity index (χ1) is 11.8. The van der Waals surface area contributed by atoms with Crippen molar-refractivity contribution in [1.29, 1.82) is 0 Å². The number of nitrogens with zero attached hydrogens (tertiary/aromatic N) is 4. The van der Waals surface area contributed by atoms with Gasteiger partial charge in [0.2, 0.25) is 0 Å². The van der Waals surface area contributed by atoms with Crippen LogP contribution in [0.5, 0.6) is 0 Å². The van der Waals surface area contributed by atoms with E-state index in [9.17, 15) is 0 Å². The van der Waals surface area contributed by atoms with Crippen LogP contribution in [0.1, 0.15) is 0 Å². The summed E-state index contributed by atoms with van der Waals surface area (Å²) in [5.74, 6) is 0.849. The van der Waals surface area contributed by atoms with E-state index < -0.39 is 0 Å². The highest BCUT2D eigenvalue weighted by Gasteiger charge is 2.15. The van der Waals surface area contributed by atoms with Gasteiger partial charge in [-0.15, -0.1) is 0 Å². The molecule has 1 aliphatic heterocycles. The summed E-state index contributed by atoms with van der Waals surface area (Å²) >= 11 is 0. The predicted octanol–water partition coefficient (Wildman–Crippen LogP) is 3.13. The van der Waals surface area contributed by atoms with Crippen LogP contribution in [0.4, 0.5) is 17.2 Å². The van der Waals surface area contributed by atoms with Gasteiger partial charge in [-0.1, -0.05) is 18.2 Å². The number of likely N-dealkylation sites (N-methyl/N-ethyl adjacent to an activating group) is 1. The molecule has 0 radical (unpaired) electrons. The van der Waals surface area contributed by atoms with Crippen LogP contribution in [0.2, 0.25) is 0 Å². The summed E-state index contributed by atoms with van der Waals surface area (Å²) in [6, 6.07) is 16.6. The first kappa shape index (κ1) is 14.9. The summed E-state index contributed by atoms with van der Waals surface area (Å²) < 4.78 is 0. The molecular formula is C19H21N5. The second-order valence-corrected chi connectivity index (χ2v) is 6.21. The number of benzene rings is 2. The van der Waals surface area contributed by atoms with Crippen LogP contribution in [0.15, 0.2) is 54.9 Å². The summed E-state index contributed by atoms with van der Waals surface area (Å²) in [4.78, 5) is 13.6. The lowest BCUT2D eigenvalue weighted by Crippen LogP contribution is -2.44. The Hall–Kier alpha value is -2.66. The summed E-state index contributed by atoms with van der Waals surface area (Å²) in [6.07, 6.45) is 1.61. The van der Waals surface area contributed by atoms with Crippen molar-refractivity contribution in [2.75, 3.05) is 43.4 Å². The number of para-hydroxylation sites is 1. The Morgan fingerprint density at radius 2 is 1.71 bits per heavy atom. The first-order valence-corrected chi connectivity index (χ1v) is 8.30. The topological polar surface area (TPSA) is 44.3 Å². The molecular weight excluding hydrogens is 298 g/mol. The van der Waals surface area contributed by atoms with Crippen LogP contribution >= 0.6 is 0 Å². The van der Waals surface area contributed by atoms with Crippen LogP contribution in [-0.2, 0) is 0 Å². The van der Waals surface area contributed by atoms with E-state index in [0.717, 1.165) is 48.6 Å². The molecule has 5 nitrogen and oxygen atoms in total. The molecule has 0 spiro atoms. The average molecular weight is 319 g/mol.